The van der Waals surface area contributed by atoms with Crippen LogP contribution >= 0.6 is 0 Å². The molecule has 1 aromatic carbocycles. The minimum Gasteiger partial charge on any atom is -0.334 e. The van der Waals surface area contributed by atoms with Crippen LogP contribution in [0.4, 0.5) is 4.79 Å². The van der Waals surface area contributed by atoms with E-state index in [1.54, 1.807) is 11.1 Å². The summed E-state index contributed by atoms with van der Waals surface area (Å²) < 4.78 is 0. The first-order valence-corrected chi connectivity index (χ1v) is 8.11. The monoisotopic (exact) mass is 282 g/mol. The number of allylic oxidation sites excluding steroid dienone is 1. The third-order valence-corrected chi connectivity index (χ3v) is 5.11. The Morgan fingerprint density at radius 1 is 1.05 bits per heavy atom. The highest BCUT2D eigenvalue weighted by atomic mass is 16.2. The summed E-state index contributed by atoms with van der Waals surface area (Å²) in [6.45, 7) is 0.629. The maximum atomic E-state index is 12.5. The number of carbonyl (C=O) groups is 1. The number of urea groups is 1. The number of nitrogens with one attached hydrogen (secondary N) is 1. The Bertz CT molecular complexity index is 556. The number of nitrogens with zero attached hydrogens (tertiary/aromatic N) is 1. The maximum absolute atomic E-state index is 12.5. The minimum absolute atomic E-state index is 0.131. The fraction of sp³-hybridized carbons (Fsp3) is 0.500. The van der Waals surface area contributed by atoms with E-state index in [2.05, 4.69) is 22.3 Å². The SMILES string of the molecule is O=C(NCc1ccccc1)N1C2CCC1CC(=C1CC1)C2. The van der Waals surface area contributed by atoms with Crippen molar-refractivity contribution in [3.8, 4) is 0 Å². The van der Waals surface area contributed by atoms with Gasteiger partial charge in [0, 0.05) is 18.6 Å². The summed E-state index contributed by atoms with van der Waals surface area (Å²) in [6.07, 6.45) is 7.25. The van der Waals surface area contributed by atoms with E-state index in [9.17, 15) is 4.79 Å². The molecule has 0 spiro atoms. The fourth-order valence-corrected chi connectivity index (χ4v) is 3.92. The summed E-state index contributed by atoms with van der Waals surface area (Å²) in [5.41, 5.74) is 4.53. The van der Waals surface area contributed by atoms with Crippen molar-refractivity contribution in [3.05, 3.63) is 47.0 Å². The number of piperidine rings is 1. The summed E-state index contributed by atoms with van der Waals surface area (Å²) >= 11 is 0. The van der Waals surface area contributed by atoms with Gasteiger partial charge in [0.05, 0.1) is 0 Å². The Balaban J connectivity index is 1.40. The average molecular weight is 282 g/mol. The quantitative estimate of drug-likeness (QED) is 0.826. The van der Waals surface area contributed by atoms with E-state index in [1.165, 1.54) is 25.7 Å². The van der Waals surface area contributed by atoms with Crippen LogP contribution in [0.2, 0.25) is 0 Å². The number of hydrogen-bond acceptors (Lipinski definition) is 1. The molecule has 0 radical (unpaired) electrons. The topological polar surface area (TPSA) is 32.3 Å². The molecular formula is C18H22N2O. The van der Waals surface area contributed by atoms with Gasteiger partial charge >= 0.3 is 6.03 Å². The lowest BCUT2D eigenvalue weighted by molar-refractivity contribution is 0.160. The van der Waals surface area contributed by atoms with Gasteiger partial charge in [0.2, 0.25) is 0 Å². The fourth-order valence-electron chi connectivity index (χ4n) is 3.92. The Kier molecular flexibility index (Phi) is 3.21. The minimum atomic E-state index is 0.131. The Hall–Kier alpha value is -1.77. The predicted octanol–water partition coefficient (Wildman–Crippen LogP) is 3.61. The van der Waals surface area contributed by atoms with E-state index in [1.807, 2.05) is 18.2 Å². The molecule has 1 aromatic rings. The number of amides is 2. The first-order valence-electron chi connectivity index (χ1n) is 8.11. The van der Waals surface area contributed by atoms with Gasteiger partial charge in [0.15, 0.2) is 0 Å². The van der Waals surface area contributed by atoms with Gasteiger partial charge in [-0.05, 0) is 44.1 Å². The zero-order valence-corrected chi connectivity index (χ0v) is 12.3. The molecule has 1 aliphatic carbocycles. The molecule has 0 aromatic heterocycles. The van der Waals surface area contributed by atoms with Gasteiger partial charge in [-0.1, -0.05) is 41.5 Å². The maximum Gasteiger partial charge on any atom is 0.318 e. The van der Waals surface area contributed by atoms with Crippen LogP contribution in [0, 0.1) is 0 Å². The number of benzene rings is 1. The van der Waals surface area contributed by atoms with Gasteiger partial charge < -0.3 is 10.2 Å². The van der Waals surface area contributed by atoms with Crippen LogP contribution in [0.3, 0.4) is 0 Å². The van der Waals surface area contributed by atoms with Crippen molar-refractivity contribution < 1.29 is 4.79 Å². The highest BCUT2D eigenvalue weighted by molar-refractivity contribution is 5.75. The second-order valence-corrected chi connectivity index (χ2v) is 6.55. The van der Waals surface area contributed by atoms with Crippen LogP contribution in [-0.4, -0.2) is 23.0 Å². The molecule has 2 amide bonds. The van der Waals surface area contributed by atoms with Gasteiger partial charge in [0.1, 0.15) is 0 Å². The van der Waals surface area contributed by atoms with Crippen LogP contribution in [0.1, 0.15) is 44.1 Å². The lowest BCUT2D eigenvalue weighted by atomic mass is 9.96. The highest BCUT2D eigenvalue weighted by Crippen LogP contribution is 2.44. The van der Waals surface area contributed by atoms with Crippen molar-refractivity contribution in [2.45, 2.75) is 57.2 Å². The van der Waals surface area contributed by atoms with Crippen molar-refractivity contribution in [1.29, 1.82) is 0 Å². The Labute approximate surface area is 126 Å². The highest BCUT2D eigenvalue weighted by Gasteiger charge is 2.42. The number of carbonyl (C=O) groups excluding carboxylic acids is 1. The molecule has 3 heteroatoms. The van der Waals surface area contributed by atoms with Crippen LogP contribution in [0.5, 0.6) is 0 Å². The van der Waals surface area contributed by atoms with E-state index in [0.29, 0.717) is 18.6 Å². The molecule has 110 valence electrons. The van der Waals surface area contributed by atoms with Crippen LogP contribution in [-0.2, 0) is 6.54 Å². The molecule has 2 bridgehead atoms. The first kappa shape index (κ1) is 12.9. The molecule has 21 heavy (non-hydrogen) atoms. The van der Waals surface area contributed by atoms with E-state index in [4.69, 9.17) is 0 Å². The van der Waals surface area contributed by atoms with Crippen molar-refractivity contribution in [2.75, 3.05) is 0 Å². The third-order valence-electron chi connectivity index (χ3n) is 5.11. The average Bonchev–Trinajstić information content (AvgIpc) is 3.32. The summed E-state index contributed by atoms with van der Waals surface area (Å²) in [5, 5.41) is 3.10. The lowest BCUT2D eigenvalue weighted by Gasteiger charge is -2.36. The Morgan fingerprint density at radius 2 is 1.71 bits per heavy atom. The van der Waals surface area contributed by atoms with Gasteiger partial charge in [-0.25, -0.2) is 4.79 Å². The van der Waals surface area contributed by atoms with E-state index < -0.39 is 0 Å². The third kappa shape index (κ3) is 2.57. The number of fused-ring (bicyclic) bond motifs is 2. The zero-order valence-electron chi connectivity index (χ0n) is 12.3. The molecule has 2 heterocycles. The lowest BCUT2D eigenvalue weighted by Crippen LogP contribution is -2.49. The molecule has 3 nitrogen and oxygen atoms in total. The first-order chi connectivity index (χ1) is 10.3. The number of rotatable bonds is 2. The van der Waals surface area contributed by atoms with Gasteiger partial charge in [-0.3, -0.25) is 0 Å². The summed E-state index contributed by atoms with van der Waals surface area (Å²) in [5.74, 6) is 0. The number of hydrogen-bond donors (Lipinski definition) is 1. The van der Waals surface area contributed by atoms with Crippen molar-refractivity contribution in [2.24, 2.45) is 0 Å². The molecule has 3 fully saturated rings. The summed E-state index contributed by atoms with van der Waals surface area (Å²) in [4.78, 5) is 14.7. The molecule has 1 saturated carbocycles. The normalized spacial score (nSPS) is 27.0. The molecule has 3 aliphatic rings. The molecule has 2 atom stereocenters. The second-order valence-electron chi connectivity index (χ2n) is 6.55. The molecular weight excluding hydrogens is 260 g/mol. The zero-order chi connectivity index (χ0) is 14.2. The van der Waals surface area contributed by atoms with Gasteiger partial charge in [0.25, 0.3) is 0 Å². The molecule has 1 N–H and O–H groups in total. The van der Waals surface area contributed by atoms with E-state index in [-0.39, 0.29) is 6.03 Å². The van der Waals surface area contributed by atoms with Crippen molar-refractivity contribution >= 4 is 6.03 Å². The largest absolute Gasteiger partial charge is 0.334 e. The van der Waals surface area contributed by atoms with Crippen LogP contribution in [0.25, 0.3) is 0 Å². The van der Waals surface area contributed by atoms with Crippen LogP contribution < -0.4 is 5.32 Å². The van der Waals surface area contributed by atoms with E-state index >= 15 is 0 Å². The summed E-state index contributed by atoms with van der Waals surface area (Å²) in [6, 6.07) is 11.2. The predicted molar refractivity (Wildman–Crippen MR) is 82.8 cm³/mol. The standard InChI is InChI=1S/C18H22N2O/c21-18(19-12-13-4-2-1-3-5-13)20-16-8-9-17(20)11-15(10-16)14-6-7-14/h1-5,16-17H,6-12H2,(H,19,21). The molecule has 2 saturated heterocycles. The van der Waals surface area contributed by atoms with Crippen molar-refractivity contribution in [3.63, 3.8) is 0 Å². The molecule has 2 aliphatic heterocycles. The molecule has 4 rings (SSSR count). The summed E-state index contributed by atoms with van der Waals surface area (Å²) in [7, 11) is 0. The van der Waals surface area contributed by atoms with E-state index in [0.717, 1.165) is 18.4 Å². The second kappa shape index (κ2) is 5.21. The van der Waals surface area contributed by atoms with Gasteiger partial charge in [-0.2, -0.15) is 0 Å². The van der Waals surface area contributed by atoms with Crippen molar-refractivity contribution in [1.82, 2.24) is 10.2 Å². The molecule has 2 unspecified atom stereocenters. The Morgan fingerprint density at radius 3 is 2.33 bits per heavy atom. The van der Waals surface area contributed by atoms with Gasteiger partial charge in [-0.15, -0.1) is 0 Å². The van der Waals surface area contributed by atoms with Crippen LogP contribution in [0.15, 0.2) is 41.5 Å². The smallest absolute Gasteiger partial charge is 0.318 e.